The lowest BCUT2D eigenvalue weighted by Gasteiger charge is -2.25. The van der Waals surface area contributed by atoms with Crippen LogP contribution < -0.4 is 10.1 Å². The number of benzene rings is 1. The zero-order valence-electron chi connectivity index (χ0n) is 13.5. The van der Waals surface area contributed by atoms with E-state index in [9.17, 15) is 9.59 Å². The van der Waals surface area contributed by atoms with Gasteiger partial charge in [-0.05, 0) is 32.2 Å². The molecule has 1 N–H and O–H groups in total. The summed E-state index contributed by atoms with van der Waals surface area (Å²) in [6.07, 6.45) is 0. The Labute approximate surface area is 136 Å². The van der Waals surface area contributed by atoms with Crippen molar-refractivity contribution in [3.63, 3.8) is 0 Å². The number of anilines is 1. The van der Waals surface area contributed by atoms with Crippen molar-refractivity contribution in [3.05, 3.63) is 23.2 Å². The molecule has 0 spiro atoms. The third-order valence-electron chi connectivity index (χ3n) is 3.29. The summed E-state index contributed by atoms with van der Waals surface area (Å²) in [5.74, 6) is 0.218. The Morgan fingerprint density at radius 3 is 2.50 bits per heavy atom. The van der Waals surface area contributed by atoms with E-state index >= 15 is 0 Å². The molecule has 1 rings (SSSR count). The highest BCUT2D eigenvalue weighted by Gasteiger charge is 2.21. The molecule has 1 aromatic rings. The van der Waals surface area contributed by atoms with Gasteiger partial charge in [0.2, 0.25) is 11.8 Å². The van der Waals surface area contributed by atoms with E-state index in [0.29, 0.717) is 16.5 Å². The second-order valence-corrected chi connectivity index (χ2v) is 5.65. The van der Waals surface area contributed by atoms with E-state index < -0.39 is 0 Å². The summed E-state index contributed by atoms with van der Waals surface area (Å²) < 4.78 is 5.18. The first-order chi connectivity index (χ1) is 10.3. The minimum absolute atomic E-state index is 0.0596. The third kappa shape index (κ3) is 4.89. The summed E-state index contributed by atoms with van der Waals surface area (Å²) in [5, 5.41) is 3.24. The fraction of sp³-hybridized carbons (Fsp3) is 0.467. The molecule has 0 bridgehead atoms. The van der Waals surface area contributed by atoms with Crippen molar-refractivity contribution in [2.75, 3.05) is 40.1 Å². The zero-order chi connectivity index (χ0) is 16.9. The molecule has 0 radical (unpaired) electrons. The molecule has 0 saturated heterocycles. The normalized spacial score (nSPS) is 12.0. The zero-order valence-corrected chi connectivity index (χ0v) is 14.3. The maximum Gasteiger partial charge on any atom is 0.239 e. The Bertz CT molecular complexity index is 549. The number of hydrogen-bond donors (Lipinski definition) is 1. The molecule has 1 unspecified atom stereocenters. The number of amides is 2. The van der Waals surface area contributed by atoms with Crippen molar-refractivity contribution in [2.45, 2.75) is 13.0 Å². The van der Waals surface area contributed by atoms with Gasteiger partial charge in [0, 0.05) is 19.1 Å². The molecule has 1 aromatic carbocycles. The SMILES string of the molecule is COc1ccc(Cl)cc1NC(=O)CN(C)C(C)C(=O)N(C)C. The first-order valence-electron chi connectivity index (χ1n) is 6.81. The number of carbonyl (C=O) groups excluding carboxylic acids is 2. The molecule has 0 aliphatic carbocycles. The summed E-state index contributed by atoms with van der Waals surface area (Å²) in [7, 11) is 6.61. The van der Waals surface area contributed by atoms with Crippen molar-refractivity contribution in [1.29, 1.82) is 0 Å². The van der Waals surface area contributed by atoms with Crippen LogP contribution in [-0.4, -0.2) is 62.5 Å². The summed E-state index contributed by atoms with van der Waals surface area (Å²) in [4.78, 5) is 27.2. The fourth-order valence-electron chi connectivity index (χ4n) is 1.89. The first kappa shape index (κ1) is 18.3. The number of likely N-dealkylation sites (N-methyl/N-ethyl adjacent to an activating group) is 2. The molecular formula is C15H22ClN3O3. The monoisotopic (exact) mass is 327 g/mol. The lowest BCUT2D eigenvalue weighted by Crippen LogP contribution is -2.45. The van der Waals surface area contributed by atoms with Crippen LogP contribution in [0.5, 0.6) is 5.75 Å². The quantitative estimate of drug-likeness (QED) is 0.864. The van der Waals surface area contributed by atoms with Crippen LogP contribution in [-0.2, 0) is 9.59 Å². The van der Waals surface area contributed by atoms with E-state index in [-0.39, 0.29) is 24.4 Å². The van der Waals surface area contributed by atoms with Crippen LogP contribution in [0.3, 0.4) is 0 Å². The molecule has 0 aliphatic rings. The van der Waals surface area contributed by atoms with Gasteiger partial charge in [-0.15, -0.1) is 0 Å². The van der Waals surface area contributed by atoms with Gasteiger partial charge in [-0.2, -0.15) is 0 Å². The summed E-state index contributed by atoms with van der Waals surface area (Å²) in [6.45, 7) is 1.84. The average molecular weight is 328 g/mol. The molecule has 22 heavy (non-hydrogen) atoms. The van der Waals surface area contributed by atoms with Crippen LogP contribution in [0.2, 0.25) is 5.02 Å². The molecule has 0 heterocycles. The minimum atomic E-state index is -0.387. The van der Waals surface area contributed by atoms with Gasteiger partial charge in [0.05, 0.1) is 25.4 Å². The first-order valence-corrected chi connectivity index (χ1v) is 7.18. The van der Waals surface area contributed by atoms with Crippen LogP contribution in [0.4, 0.5) is 5.69 Å². The number of nitrogens with one attached hydrogen (secondary N) is 1. The second-order valence-electron chi connectivity index (χ2n) is 5.22. The topological polar surface area (TPSA) is 61.9 Å². The Kier molecular flexibility index (Phi) is 6.64. The highest BCUT2D eigenvalue weighted by molar-refractivity contribution is 6.31. The maximum atomic E-state index is 12.1. The van der Waals surface area contributed by atoms with Gasteiger partial charge >= 0.3 is 0 Å². The van der Waals surface area contributed by atoms with Crippen LogP contribution in [0.15, 0.2) is 18.2 Å². The Balaban J connectivity index is 2.70. The molecule has 0 saturated carbocycles. The number of methoxy groups -OCH3 is 1. The van der Waals surface area contributed by atoms with E-state index in [1.54, 1.807) is 51.2 Å². The third-order valence-corrected chi connectivity index (χ3v) is 3.52. The van der Waals surface area contributed by atoms with Gasteiger partial charge in [-0.1, -0.05) is 11.6 Å². The Hall–Kier alpha value is -1.79. The van der Waals surface area contributed by atoms with E-state index in [1.165, 1.54) is 12.0 Å². The maximum absolute atomic E-state index is 12.1. The van der Waals surface area contributed by atoms with Crippen molar-refractivity contribution in [3.8, 4) is 5.75 Å². The van der Waals surface area contributed by atoms with Gasteiger partial charge in [-0.25, -0.2) is 0 Å². The van der Waals surface area contributed by atoms with E-state index in [4.69, 9.17) is 16.3 Å². The smallest absolute Gasteiger partial charge is 0.239 e. The number of carbonyl (C=O) groups is 2. The van der Waals surface area contributed by atoms with E-state index in [0.717, 1.165) is 0 Å². The number of nitrogens with zero attached hydrogens (tertiary/aromatic N) is 2. The van der Waals surface area contributed by atoms with Crippen LogP contribution in [0.25, 0.3) is 0 Å². The van der Waals surface area contributed by atoms with Gasteiger partial charge in [0.15, 0.2) is 0 Å². The predicted molar refractivity (Wildman–Crippen MR) is 87.4 cm³/mol. The van der Waals surface area contributed by atoms with Crippen LogP contribution >= 0.6 is 11.6 Å². The number of rotatable bonds is 6. The second kappa shape index (κ2) is 8.00. The van der Waals surface area contributed by atoms with Crippen LogP contribution in [0.1, 0.15) is 6.92 Å². The highest BCUT2D eigenvalue weighted by atomic mass is 35.5. The standard InChI is InChI=1S/C15H22ClN3O3/c1-10(15(21)18(2)3)19(4)9-14(20)17-12-8-11(16)6-7-13(12)22-5/h6-8,10H,9H2,1-5H3,(H,17,20). The number of hydrogen-bond acceptors (Lipinski definition) is 4. The summed E-state index contributed by atoms with van der Waals surface area (Å²) in [5.41, 5.74) is 0.500. The van der Waals surface area contributed by atoms with E-state index in [1.807, 2.05) is 0 Å². The van der Waals surface area contributed by atoms with Crippen LogP contribution in [0, 0.1) is 0 Å². The predicted octanol–water partition coefficient (Wildman–Crippen LogP) is 1.70. The van der Waals surface area contributed by atoms with Gasteiger partial charge < -0.3 is 15.0 Å². The summed E-state index contributed by atoms with van der Waals surface area (Å²) >= 11 is 5.92. The van der Waals surface area contributed by atoms with E-state index in [2.05, 4.69) is 5.32 Å². The number of ether oxygens (including phenoxy) is 1. The van der Waals surface area contributed by atoms with Gasteiger partial charge in [0.25, 0.3) is 0 Å². The molecule has 7 heteroatoms. The molecular weight excluding hydrogens is 306 g/mol. The minimum Gasteiger partial charge on any atom is -0.495 e. The highest BCUT2D eigenvalue weighted by Crippen LogP contribution is 2.27. The van der Waals surface area contributed by atoms with Crippen molar-refractivity contribution in [2.24, 2.45) is 0 Å². The molecule has 6 nitrogen and oxygen atoms in total. The molecule has 122 valence electrons. The molecule has 0 aliphatic heterocycles. The van der Waals surface area contributed by atoms with Gasteiger partial charge in [-0.3, -0.25) is 14.5 Å². The fourth-order valence-corrected chi connectivity index (χ4v) is 2.07. The lowest BCUT2D eigenvalue weighted by atomic mass is 10.2. The van der Waals surface area contributed by atoms with Crippen molar-refractivity contribution < 1.29 is 14.3 Å². The van der Waals surface area contributed by atoms with Crippen molar-refractivity contribution in [1.82, 2.24) is 9.80 Å². The Morgan fingerprint density at radius 2 is 1.95 bits per heavy atom. The number of halogens is 1. The van der Waals surface area contributed by atoms with Gasteiger partial charge in [0.1, 0.15) is 5.75 Å². The molecule has 1 atom stereocenters. The molecule has 0 fully saturated rings. The largest absolute Gasteiger partial charge is 0.495 e. The van der Waals surface area contributed by atoms with Crippen molar-refractivity contribution >= 4 is 29.1 Å². The Morgan fingerprint density at radius 1 is 1.32 bits per heavy atom. The molecule has 2 amide bonds. The lowest BCUT2D eigenvalue weighted by molar-refractivity contribution is -0.133. The molecule has 0 aromatic heterocycles. The average Bonchev–Trinajstić information content (AvgIpc) is 2.45. The summed E-state index contributed by atoms with van der Waals surface area (Å²) in [6, 6.07) is 4.59.